The van der Waals surface area contributed by atoms with Crippen molar-refractivity contribution in [3.05, 3.63) is 54.1 Å². The van der Waals surface area contributed by atoms with E-state index in [0.717, 1.165) is 17.9 Å². The molecule has 3 heteroatoms. The topological polar surface area (TPSA) is 41.3 Å². The molecule has 0 fully saturated rings. The van der Waals surface area contributed by atoms with E-state index in [0.29, 0.717) is 0 Å². The van der Waals surface area contributed by atoms with Crippen LogP contribution < -0.4 is 16.0 Å². The first-order valence-electron chi connectivity index (χ1n) is 6.01. The van der Waals surface area contributed by atoms with Crippen molar-refractivity contribution in [2.75, 3.05) is 30.0 Å². The normalized spacial score (nSPS) is 10.1. The summed E-state index contributed by atoms with van der Waals surface area (Å²) in [5.41, 5.74) is 10.0. The van der Waals surface area contributed by atoms with Gasteiger partial charge < -0.3 is 16.0 Å². The van der Waals surface area contributed by atoms with Gasteiger partial charge in [-0.15, -0.1) is 0 Å². The smallest absolute Gasteiger partial charge is 0.0401 e. The van der Waals surface area contributed by atoms with Gasteiger partial charge in [-0.05, 0) is 42.0 Å². The molecule has 94 valence electrons. The fourth-order valence-electron chi connectivity index (χ4n) is 1.75. The maximum Gasteiger partial charge on any atom is 0.0401 e. The highest BCUT2D eigenvalue weighted by Gasteiger charge is 1.98. The van der Waals surface area contributed by atoms with Crippen LogP contribution in [0, 0.1) is 0 Å². The Kier molecular flexibility index (Phi) is 3.72. The predicted molar refractivity (Wildman–Crippen MR) is 79.0 cm³/mol. The molecule has 0 saturated heterocycles. The van der Waals surface area contributed by atoms with Gasteiger partial charge in [0, 0.05) is 37.7 Å². The van der Waals surface area contributed by atoms with E-state index in [1.807, 2.05) is 38.4 Å². The molecule has 0 aromatic heterocycles. The van der Waals surface area contributed by atoms with Crippen LogP contribution in [0.4, 0.5) is 17.1 Å². The molecule has 0 radical (unpaired) electrons. The molecule has 0 spiro atoms. The van der Waals surface area contributed by atoms with E-state index in [9.17, 15) is 0 Å². The Bertz CT molecular complexity index is 503. The number of benzene rings is 2. The van der Waals surface area contributed by atoms with Crippen molar-refractivity contribution in [3.63, 3.8) is 0 Å². The Balaban J connectivity index is 2.01. The maximum atomic E-state index is 5.65. The van der Waals surface area contributed by atoms with Gasteiger partial charge in [-0.2, -0.15) is 0 Å². The van der Waals surface area contributed by atoms with Crippen LogP contribution in [-0.4, -0.2) is 14.1 Å². The van der Waals surface area contributed by atoms with Crippen LogP contribution >= 0.6 is 0 Å². The van der Waals surface area contributed by atoms with Crippen molar-refractivity contribution in [2.45, 2.75) is 6.54 Å². The number of hydrogen-bond donors (Lipinski definition) is 2. The van der Waals surface area contributed by atoms with Crippen molar-refractivity contribution in [3.8, 4) is 0 Å². The van der Waals surface area contributed by atoms with Gasteiger partial charge in [0.25, 0.3) is 0 Å². The molecule has 0 atom stereocenters. The third kappa shape index (κ3) is 3.17. The fourth-order valence-corrected chi connectivity index (χ4v) is 1.75. The third-order valence-corrected chi connectivity index (χ3v) is 2.83. The fraction of sp³-hybridized carbons (Fsp3) is 0.200. The largest absolute Gasteiger partial charge is 0.399 e. The molecule has 0 aliphatic rings. The first-order valence-corrected chi connectivity index (χ1v) is 6.01. The molecule has 0 aliphatic carbocycles. The SMILES string of the molecule is CN(C)c1cccc(CNc2ccc(N)cc2)c1. The summed E-state index contributed by atoms with van der Waals surface area (Å²) >= 11 is 0. The number of nitrogens with one attached hydrogen (secondary N) is 1. The van der Waals surface area contributed by atoms with Crippen LogP contribution in [0.1, 0.15) is 5.56 Å². The lowest BCUT2D eigenvalue weighted by Gasteiger charge is -2.14. The summed E-state index contributed by atoms with van der Waals surface area (Å²) in [6.45, 7) is 0.811. The summed E-state index contributed by atoms with van der Waals surface area (Å²) in [7, 11) is 4.10. The van der Waals surface area contributed by atoms with Crippen molar-refractivity contribution in [2.24, 2.45) is 0 Å². The lowest BCUT2D eigenvalue weighted by Crippen LogP contribution is -2.09. The van der Waals surface area contributed by atoms with Crippen molar-refractivity contribution < 1.29 is 0 Å². The summed E-state index contributed by atoms with van der Waals surface area (Å²) in [5, 5.41) is 3.38. The number of hydrogen-bond acceptors (Lipinski definition) is 3. The highest BCUT2D eigenvalue weighted by Crippen LogP contribution is 2.16. The minimum Gasteiger partial charge on any atom is -0.399 e. The molecule has 0 amide bonds. The molecule has 0 heterocycles. The van der Waals surface area contributed by atoms with Gasteiger partial charge in [0.15, 0.2) is 0 Å². The highest BCUT2D eigenvalue weighted by atomic mass is 15.1. The average molecular weight is 241 g/mol. The molecular weight excluding hydrogens is 222 g/mol. The van der Waals surface area contributed by atoms with Crippen LogP contribution in [0.5, 0.6) is 0 Å². The zero-order chi connectivity index (χ0) is 13.0. The molecule has 0 unspecified atom stereocenters. The second kappa shape index (κ2) is 5.45. The van der Waals surface area contributed by atoms with Crippen LogP contribution in [0.2, 0.25) is 0 Å². The summed E-state index contributed by atoms with van der Waals surface area (Å²) in [4.78, 5) is 2.10. The molecule has 2 aromatic rings. The summed E-state index contributed by atoms with van der Waals surface area (Å²) in [6, 6.07) is 16.3. The number of anilines is 3. The summed E-state index contributed by atoms with van der Waals surface area (Å²) in [6.07, 6.45) is 0. The molecular formula is C15H19N3. The van der Waals surface area contributed by atoms with E-state index in [1.165, 1.54) is 11.3 Å². The average Bonchev–Trinajstić information content (AvgIpc) is 2.38. The molecule has 0 aliphatic heterocycles. The van der Waals surface area contributed by atoms with Crippen LogP contribution in [0.3, 0.4) is 0 Å². The summed E-state index contributed by atoms with van der Waals surface area (Å²) in [5.74, 6) is 0. The zero-order valence-corrected chi connectivity index (χ0v) is 10.9. The lowest BCUT2D eigenvalue weighted by atomic mass is 10.2. The van der Waals surface area contributed by atoms with E-state index in [-0.39, 0.29) is 0 Å². The van der Waals surface area contributed by atoms with Gasteiger partial charge >= 0.3 is 0 Å². The van der Waals surface area contributed by atoms with Gasteiger partial charge in [0.1, 0.15) is 0 Å². The molecule has 2 aromatic carbocycles. The summed E-state index contributed by atoms with van der Waals surface area (Å²) < 4.78 is 0. The van der Waals surface area contributed by atoms with Crippen LogP contribution in [0.15, 0.2) is 48.5 Å². The maximum absolute atomic E-state index is 5.65. The third-order valence-electron chi connectivity index (χ3n) is 2.83. The minimum absolute atomic E-state index is 0.787. The van der Waals surface area contributed by atoms with Crippen LogP contribution in [-0.2, 0) is 6.54 Å². The van der Waals surface area contributed by atoms with Crippen LogP contribution in [0.25, 0.3) is 0 Å². The van der Waals surface area contributed by atoms with Gasteiger partial charge in [0.2, 0.25) is 0 Å². The van der Waals surface area contributed by atoms with Gasteiger partial charge in [-0.1, -0.05) is 12.1 Å². The monoisotopic (exact) mass is 241 g/mol. The van der Waals surface area contributed by atoms with E-state index in [1.54, 1.807) is 0 Å². The first kappa shape index (κ1) is 12.3. The standard InChI is InChI=1S/C15H19N3/c1-18(2)15-5-3-4-12(10-15)11-17-14-8-6-13(16)7-9-14/h3-10,17H,11,16H2,1-2H3. The minimum atomic E-state index is 0.787. The Morgan fingerprint density at radius 2 is 1.78 bits per heavy atom. The van der Waals surface area contributed by atoms with E-state index in [4.69, 9.17) is 5.73 Å². The molecule has 3 nitrogen and oxygen atoms in total. The zero-order valence-electron chi connectivity index (χ0n) is 10.9. The Hall–Kier alpha value is -2.16. The number of rotatable bonds is 4. The van der Waals surface area contributed by atoms with E-state index in [2.05, 4.69) is 34.5 Å². The van der Waals surface area contributed by atoms with Gasteiger partial charge in [0.05, 0.1) is 0 Å². The second-order valence-electron chi connectivity index (χ2n) is 4.54. The van der Waals surface area contributed by atoms with Crippen molar-refractivity contribution in [1.29, 1.82) is 0 Å². The number of nitrogens with two attached hydrogens (primary N) is 1. The predicted octanol–water partition coefficient (Wildman–Crippen LogP) is 2.95. The second-order valence-corrected chi connectivity index (χ2v) is 4.54. The Labute approximate surface area is 108 Å². The van der Waals surface area contributed by atoms with Gasteiger partial charge in [-0.3, -0.25) is 0 Å². The quantitative estimate of drug-likeness (QED) is 0.809. The van der Waals surface area contributed by atoms with E-state index >= 15 is 0 Å². The molecule has 0 saturated carbocycles. The molecule has 2 rings (SSSR count). The van der Waals surface area contributed by atoms with Gasteiger partial charge in [-0.25, -0.2) is 0 Å². The molecule has 3 N–H and O–H groups in total. The Morgan fingerprint density at radius 1 is 1.06 bits per heavy atom. The Morgan fingerprint density at radius 3 is 2.44 bits per heavy atom. The lowest BCUT2D eigenvalue weighted by molar-refractivity contribution is 1.10. The molecule has 18 heavy (non-hydrogen) atoms. The first-order chi connectivity index (χ1) is 8.65. The number of nitrogens with zero attached hydrogens (tertiary/aromatic N) is 1. The van der Waals surface area contributed by atoms with Crippen molar-refractivity contribution >= 4 is 17.1 Å². The molecule has 0 bridgehead atoms. The van der Waals surface area contributed by atoms with E-state index < -0.39 is 0 Å². The number of nitrogen functional groups attached to an aromatic ring is 1. The van der Waals surface area contributed by atoms with Crippen molar-refractivity contribution in [1.82, 2.24) is 0 Å². The highest BCUT2D eigenvalue weighted by molar-refractivity contribution is 5.52.